The van der Waals surface area contributed by atoms with Crippen molar-refractivity contribution in [2.45, 2.75) is 31.1 Å². The number of nitrogens with one attached hydrogen (secondary N) is 1. The molecule has 0 unspecified atom stereocenters. The van der Waals surface area contributed by atoms with Crippen molar-refractivity contribution in [1.82, 2.24) is 19.9 Å². The maximum absolute atomic E-state index is 12.7. The van der Waals surface area contributed by atoms with Crippen LogP contribution in [0.1, 0.15) is 30.5 Å². The SMILES string of the molecule is Nc1ccnc(N2CCC3(CCc4c3nc(N3CCOCC3)[nH]c4=O)CC2)n1.O=CO. The number of aromatic nitrogens is 4. The Morgan fingerprint density at radius 2 is 1.84 bits per heavy atom. The molecule has 31 heavy (non-hydrogen) atoms. The first-order valence-corrected chi connectivity index (χ1v) is 10.4. The van der Waals surface area contributed by atoms with E-state index in [2.05, 4.69) is 24.8 Å². The highest BCUT2D eigenvalue weighted by Crippen LogP contribution is 2.45. The van der Waals surface area contributed by atoms with Crippen molar-refractivity contribution in [3.05, 3.63) is 33.9 Å². The van der Waals surface area contributed by atoms with E-state index in [1.54, 1.807) is 12.3 Å². The normalized spacial score (nSPS) is 19.5. The van der Waals surface area contributed by atoms with E-state index in [0.717, 1.165) is 63.1 Å². The van der Waals surface area contributed by atoms with Crippen LogP contribution in [0.5, 0.6) is 0 Å². The number of morpholine rings is 1. The number of fused-ring (bicyclic) bond motifs is 2. The summed E-state index contributed by atoms with van der Waals surface area (Å²) in [7, 11) is 0. The van der Waals surface area contributed by atoms with E-state index in [1.165, 1.54) is 0 Å². The Balaban J connectivity index is 0.000000730. The standard InChI is InChI=1S/C19H25N7O2.CH2O2/c20-14-2-6-21-17(22-14)25-7-4-19(5-8-25)3-1-13-15(19)23-18(24-16(13)27)26-9-11-28-12-10-26;2-1-3/h2,6H,1,3-5,7-12H2,(H2,20,21,22)(H,23,24,27);1H,(H,2,3). The molecular weight excluding hydrogens is 402 g/mol. The molecule has 166 valence electrons. The van der Waals surface area contributed by atoms with Gasteiger partial charge in [-0.3, -0.25) is 14.6 Å². The molecule has 2 aliphatic heterocycles. The zero-order valence-corrected chi connectivity index (χ0v) is 17.3. The van der Waals surface area contributed by atoms with E-state index in [-0.39, 0.29) is 17.4 Å². The number of rotatable bonds is 2. The summed E-state index contributed by atoms with van der Waals surface area (Å²) in [5.74, 6) is 1.86. The van der Waals surface area contributed by atoms with Crippen LogP contribution in [0.4, 0.5) is 17.7 Å². The average Bonchev–Trinajstić information content (AvgIpc) is 3.14. The number of carbonyl (C=O) groups is 1. The highest BCUT2D eigenvalue weighted by molar-refractivity contribution is 5.43. The predicted octanol–water partition coefficient (Wildman–Crippen LogP) is 0.164. The van der Waals surface area contributed by atoms with Gasteiger partial charge in [-0.25, -0.2) is 9.97 Å². The Morgan fingerprint density at radius 3 is 2.52 bits per heavy atom. The van der Waals surface area contributed by atoms with E-state index < -0.39 is 0 Å². The van der Waals surface area contributed by atoms with E-state index >= 15 is 0 Å². The number of hydrogen-bond acceptors (Lipinski definition) is 9. The van der Waals surface area contributed by atoms with Crippen LogP contribution >= 0.6 is 0 Å². The summed E-state index contributed by atoms with van der Waals surface area (Å²) in [6, 6.07) is 1.70. The van der Waals surface area contributed by atoms with Crippen molar-refractivity contribution in [2.75, 3.05) is 54.9 Å². The Morgan fingerprint density at radius 1 is 1.13 bits per heavy atom. The zero-order chi connectivity index (χ0) is 21.8. The van der Waals surface area contributed by atoms with Crippen molar-refractivity contribution < 1.29 is 14.6 Å². The van der Waals surface area contributed by atoms with Crippen LogP contribution in [0.2, 0.25) is 0 Å². The number of carboxylic acid groups (broad SMARTS) is 1. The first-order valence-electron chi connectivity index (χ1n) is 10.4. The molecule has 0 amide bonds. The van der Waals surface area contributed by atoms with Crippen LogP contribution < -0.4 is 21.1 Å². The smallest absolute Gasteiger partial charge is 0.290 e. The lowest BCUT2D eigenvalue weighted by Crippen LogP contribution is -2.43. The molecule has 0 aromatic carbocycles. The lowest BCUT2D eigenvalue weighted by Gasteiger charge is -2.39. The van der Waals surface area contributed by atoms with Crippen LogP contribution in [0.25, 0.3) is 0 Å². The number of hydrogen-bond donors (Lipinski definition) is 3. The summed E-state index contributed by atoms with van der Waals surface area (Å²) in [5.41, 5.74) is 7.67. The molecule has 0 atom stereocenters. The van der Waals surface area contributed by atoms with Crippen LogP contribution in [-0.4, -0.2) is 70.9 Å². The minimum Gasteiger partial charge on any atom is -0.483 e. The molecule has 11 nitrogen and oxygen atoms in total. The molecule has 4 N–H and O–H groups in total. The summed E-state index contributed by atoms with van der Waals surface area (Å²) >= 11 is 0. The molecule has 0 bridgehead atoms. The molecule has 2 saturated heterocycles. The van der Waals surface area contributed by atoms with E-state index in [4.69, 9.17) is 25.4 Å². The molecule has 4 heterocycles. The van der Waals surface area contributed by atoms with Gasteiger partial charge in [-0.1, -0.05) is 0 Å². The zero-order valence-electron chi connectivity index (χ0n) is 17.3. The largest absolute Gasteiger partial charge is 0.483 e. The molecule has 0 radical (unpaired) electrons. The number of nitrogen functional groups attached to an aromatic ring is 1. The molecule has 2 fully saturated rings. The van der Waals surface area contributed by atoms with E-state index in [1.807, 2.05) is 0 Å². The van der Waals surface area contributed by atoms with Crippen LogP contribution in [-0.2, 0) is 21.4 Å². The summed E-state index contributed by atoms with van der Waals surface area (Å²) in [5, 5.41) is 6.89. The van der Waals surface area contributed by atoms with Crippen LogP contribution in [0.15, 0.2) is 17.1 Å². The second-order valence-corrected chi connectivity index (χ2v) is 7.97. The first kappa shape index (κ1) is 21.0. The van der Waals surface area contributed by atoms with Crippen LogP contribution in [0, 0.1) is 0 Å². The third-order valence-electron chi connectivity index (χ3n) is 6.34. The third-order valence-corrected chi connectivity index (χ3v) is 6.34. The Kier molecular flexibility index (Phi) is 6.03. The molecule has 0 saturated carbocycles. The fraction of sp³-hybridized carbons (Fsp3) is 0.550. The number of aromatic amines is 1. The lowest BCUT2D eigenvalue weighted by molar-refractivity contribution is -0.122. The maximum atomic E-state index is 12.7. The summed E-state index contributed by atoms with van der Waals surface area (Å²) < 4.78 is 5.43. The second kappa shape index (κ2) is 8.88. The first-order chi connectivity index (χ1) is 15.1. The summed E-state index contributed by atoms with van der Waals surface area (Å²) in [6.45, 7) is 4.28. The molecule has 5 rings (SSSR count). The van der Waals surface area contributed by atoms with Crippen LogP contribution in [0.3, 0.4) is 0 Å². The van der Waals surface area contributed by atoms with Gasteiger partial charge in [0.05, 0.1) is 18.9 Å². The van der Waals surface area contributed by atoms with Crippen molar-refractivity contribution in [3.63, 3.8) is 0 Å². The number of nitrogens with two attached hydrogens (primary N) is 1. The second-order valence-electron chi connectivity index (χ2n) is 7.97. The molecule has 1 aliphatic carbocycles. The highest BCUT2D eigenvalue weighted by atomic mass is 16.5. The monoisotopic (exact) mass is 429 g/mol. The predicted molar refractivity (Wildman–Crippen MR) is 114 cm³/mol. The number of H-pyrrole nitrogens is 1. The van der Waals surface area contributed by atoms with Gasteiger partial charge < -0.3 is 25.4 Å². The molecule has 11 heteroatoms. The minimum absolute atomic E-state index is 0.0185. The average molecular weight is 429 g/mol. The van der Waals surface area contributed by atoms with Gasteiger partial charge in [-0.05, 0) is 31.7 Å². The van der Waals surface area contributed by atoms with Gasteiger partial charge in [0.25, 0.3) is 12.0 Å². The van der Waals surface area contributed by atoms with Crippen molar-refractivity contribution in [1.29, 1.82) is 0 Å². The molecule has 2 aromatic rings. The van der Waals surface area contributed by atoms with Crippen molar-refractivity contribution in [3.8, 4) is 0 Å². The number of piperidine rings is 1. The van der Waals surface area contributed by atoms with E-state index in [9.17, 15) is 4.79 Å². The van der Waals surface area contributed by atoms with Gasteiger partial charge in [-0.2, -0.15) is 4.98 Å². The van der Waals surface area contributed by atoms with Gasteiger partial charge in [-0.15, -0.1) is 0 Å². The Bertz CT molecular complexity index is 982. The topological polar surface area (TPSA) is 151 Å². The van der Waals surface area contributed by atoms with Gasteiger partial charge >= 0.3 is 0 Å². The Labute approximate surface area is 179 Å². The number of anilines is 3. The van der Waals surface area contributed by atoms with Gasteiger partial charge in [0.2, 0.25) is 11.9 Å². The van der Waals surface area contributed by atoms with Crippen molar-refractivity contribution >= 4 is 24.2 Å². The summed E-state index contributed by atoms with van der Waals surface area (Å²) in [6.07, 6.45) is 5.36. The fourth-order valence-corrected chi connectivity index (χ4v) is 4.70. The van der Waals surface area contributed by atoms with E-state index in [0.29, 0.717) is 30.9 Å². The quantitative estimate of drug-likeness (QED) is 0.563. The number of nitrogens with zero attached hydrogens (tertiary/aromatic N) is 5. The Hall–Kier alpha value is -3.21. The molecule has 1 spiro atoms. The molecule has 2 aromatic heterocycles. The van der Waals surface area contributed by atoms with Gasteiger partial charge in [0, 0.05) is 43.4 Å². The number of ether oxygens (including phenoxy) is 1. The molecule has 3 aliphatic rings. The van der Waals surface area contributed by atoms with Crippen molar-refractivity contribution in [2.24, 2.45) is 0 Å². The maximum Gasteiger partial charge on any atom is 0.290 e. The van der Waals surface area contributed by atoms with Gasteiger partial charge in [0.15, 0.2) is 0 Å². The lowest BCUT2D eigenvalue weighted by atomic mass is 9.76. The highest BCUT2D eigenvalue weighted by Gasteiger charge is 2.44. The van der Waals surface area contributed by atoms with Gasteiger partial charge in [0.1, 0.15) is 5.82 Å². The summed E-state index contributed by atoms with van der Waals surface area (Å²) in [4.78, 5) is 42.1. The fourth-order valence-electron chi connectivity index (χ4n) is 4.70. The molecular formula is C20H27N7O4. The third kappa shape index (κ3) is 4.18. The minimum atomic E-state index is -0.250.